The van der Waals surface area contributed by atoms with E-state index in [0.29, 0.717) is 29.7 Å². The molecule has 1 fully saturated rings. The summed E-state index contributed by atoms with van der Waals surface area (Å²) in [6, 6.07) is 16.9. The Morgan fingerprint density at radius 3 is 2.58 bits per heavy atom. The van der Waals surface area contributed by atoms with Gasteiger partial charge in [0.2, 0.25) is 17.6 Å². The van der Waals surface area contributed by atoms with Gasteiger partial charge in [0.15, 0.2) is 0 Å². The lowest BCUT2D eigenvalue weighted by Gasteiger charge is -2.15. The number of anilines is 1. The van der Waals surface area contributed by atoms with Gasteiger partial charge in [-0.1, -0.05) is 35.0 Å². The molecule has 1 atom stereocenters. The summed E-state index contributed by atoms with van der Waals surface area (Å²) in [6.07, 6.45) is 0.372. The van der Waals surface area contributed by atoms with E-state index < -0.39 is 0 Å². The summed E-state index contributed by atoms with van der Waals surface area (Å²) in [4.78, 5) is 18.5. The fraction of sp³-hybridized carbons (Fsp3) is 0.167. The minimum absolute atomic E-state index is 0.0671. The second kappa shape index (κ2) is 6.09. The van der Waals surface area contributed by atoms with Gasteiger partial charge in [-0.05, 0) is 36.4 Å². The third-order valence-corrected chi connectivity index (χ3v) is 4.34. The lowest BCUT2D eigenvalue weighted by Crippen LogP contribution is -2.24. The van der Waals surface area contributed by atoms with Crippen molar-refractivity contribution < 1.29 is 9.32 Å². The molecule has 4 rings (SSSR count). The number of amides is 1. The van der Waals surface area contributed by atoms with Crippen molar-refractivity contribution >= 4 is 23.2 Å². The maximum atomic E-state index is 12.3. The van der Waals surface area contributed by atoms with Gasteiger partial charge >= 0.3 is 0 Å². The van der Waals surface area contributed by atoms with E-state index in [1.807, 2.05) is 42.5 Å². The zero-order chi connectivity index (χ0) is 16.5. The molecule has 0 spiro atoms. The van der Waals surface area contributed by atoms with Crippen molar-refractivity contribution in [1.29, 1.82) is 0 Å². The molecule has 2 heterocycles. The van der Waals surface area contributed by atoms with Crippen molar-refractivity contribution in [3.8, 4) is 11.4 Å². The van der Waals surface area contributed by atoms with Crippen LogP contribution in [0.2, 0.25) is 5.02 Å². The number of benzene rings is 2. The molecule has 0 saturated carbocycles. The van der Waals surface area contributed by atoms with Crippen LogP contribution < -0.4 is 4.90 Å². The van der Waals surface area contributed by atoms with Crippen molar-refractivity contribution in [2.24, 2.45) is 0 Å². The molecule has 0 aliphatic carbocycles. The number of nitrogens with zero attached hydrogens (tertiary/aromatic N) is 3. The van der Waals surface area contributed by atoms with Crippen LogP contribution >= 0.6 is 11.6 Å². The van der Waals surface area contributed by atoms with Crippen molar-refractivity contribution in [1.82, 2.24) is 10.1 Å². The number of rotatable bonds is 3. The highest BCUT2D eigenvalue weighted by Crippen LogP contribution is 2.31. The second-order valence-corrected chi connectivity index (χ2v) is 6.14. The van der Waals surface area contributed by atoms with Crippen molar-refractivity contribution in [3.63, 3.8) is 0 Å². The Bertz CT molecular complexity index is 861. The topological polar surface area (TPSA) is 59.2 Å². The van der Waals surface area contributed by atoms with Gasteiger partial charge in [-0.15, -0.1) is 0 Å². The van der Waals surface area contributed by atoms with Gasteiger partial charge in [-0.3, -0.25) is 4.79 Å². The third kappa shape index (κ3) is 2.78. The van der Waals surface area contributed by atoms with Gasteiger partial charge < -0.3 is 9.42 Å². The number of hydrogen-bond donors (Lipinski definition) is 0. The summed E-state index contributed by atoms with van der Waals surface area (Å²) in [6.45, 7) is 0.547. The monoisotopic (exact) mass is 339 g/mol. The highest BCUT2D eigenvalue weighted by Gasteiger charge is 2.35. The number of carbonyl (C=O) groups is 1. The van der Waals surface area contributed by atoms with Crippen LogP contribution in [0, 0.1) is 0 Å². The van der Waals surface area contributed by atoms with Crippen LogP contribution in [0.3, 0.4) is 0 Å². The maximum Gasteiger partial charge on any atom is 0.232 e. The van der Waals surface area contributed by atoms with Gasteiger partial charge in [-0.2, -0.15) is 4.98 Å². The lowest BCUT2D eigenvalue weighted by molar-refractivity contribution is -0.117. The Hall–Kier alpha value is -2.66. The van der Waals surface area contributed by atoms with E-state index >= 15 is 0 Å². The first-order valence-electron chi connectivity index (χ1n) is 7.65. The summed E-state index contributed by atoms with van der Waals surface area (Å²) in [5.41, 5.74) is 1.72. The molecule has 24 heavy (non-hydrogen) atoms. The molecule has 1 aliphatic rings. The van der Waals surface area contributed by atoms with Crippen LogP contribution in [-0.2, 0) is 4.79 Å². The Balaban J connectivity index is 1.55. The van der Waals surface area contributed by atoms with Gasteiger partial charge in [0, 0.05) is 29.2 Å². The molecule has 1 aromatic heterocycles. The molecule has 0 radical (unpaired) electrons. The third-order valence-electron chi connectivity index (χ3n) is 4.09. The van der Waals surface area contributed by atoms with Gasteiger partial charge in [-0.25, -0.2) is 0 Å². The molecule has 6 heteroatoms. The maximum absolute atomic E-state index is 12.3. The summed E-state index contributed by atoms with van der Waals surface area (Å²) < 4.78 is 5.39. The average Bonchev–Trinajstić information content (AvgIpc) is 3.23. The van der Waals surface area contributed by atoms with E-state index in [-0.39, 0.29) is 11.8 Å². The quantitative estimate of drug-likeness (QED) is 0.726. The van der Waals surface area contributed by atoms with Crippen LogP contribution in [0.5, 0.6) is 0 Å². The molecule has 1 saturated heterocycles. The standard InChI is InChI=1S/C18H14ClN3O2/c19-14-8-6-12(7-9-14)17-20-18(24-21-17)13-10-16(23)22(11-13)15-4-2-1-3-5-15/h1-9,13H,10-11H2/t13-/m1/s1. The zero-order valence-corrected chi connectivity index (χ0v) is 13.5. The number of para-hydroxylation sites is 1. The number of carbonyl (C=O) groups excluding carboxylic acids is 1. The molecule has 1 amide bonds. The first kappa shape index (κ1) is 14.9. The van der Waals surface area contributed by atoms with Crippen molar-refractivity contribution in [2.75, 3.05) is 11.4 Å². The van der Waals surface area contributed by atoms with Gasteiger partial charge in [0.25, 0.3) is 0 Å². The molecule has 5 nitrogen and oxygen atoms in total. The molecular weight excluding hydrogens is 326 g/mol. The molecular formula is C18H14ClN3O2. The molecule has 120 valence electrons. The SMILES string of the molecule is O=C1C[C@@H](c2nc(-c3ccc(Cl)cc3)no2)CN1c1ccccc1. The van der Waals surface area contributed by atoms with E-state index in [0.717, 1.165) is 11.3 Å². The zero-order valence-electron chi connectivity index (χ0n) is 12.7. The molecule has 0 unspecified atom stereocenters. The van der Waals surface area contributed by atoms with E-state index in [2.05, 4.69) is 10.1 Å². The smallest absolute Gasteiger partial charge is 0.232 e. The normalized spacial score (nSPS) is 17.5. The summed E-state index contributed by atoms with van der Waals surface area (Å²) >= 11 is 5.89. The Morgan fingerprint density at radius 2 is 1.83 bits per heavy atom. The Morgan fingerprint density at radius 1 is 1.08 bits per heavy atom. The lowest BCUT2D eigenvalue weighted by atomic mass is 10.1. The average molecular weight is 340 g/mol. The minimum atomic E-state index is -0.0914. The molecule has 1 aliphatic heterocycles. The largest absolute Gasteiger partial charge is 0.339 e. The predicted octanol–water partition coefficient (Wildman–Crippen LogP) is 3.91. The highest BCUT2D eigenvalue weighted by molar-refractivity contribution is 6.30. The van der Waals surface area contributed by atoms with E-state index in [1.165, 1.54) is 0 Å². The van der Waals surface area contributed by atoms with E-state index in [1.54, 1.807) is 17.0 Å². The van der Waals surface area contributed by atoms with Gasteiger partial charge in [0.05, 0.1) is 5.92 Å². The number of halogens is 1. The molecule has 0 bridgehead atoms. The fourth-order valence-electron chi connectivity index (χ4n) is 2.85. The Kier molecular flexibility index (Phi) is 3.78. The van der Waals surface area contributed by atoms with Crippen LogP contribution in [0.1, 0.15) is 18.2 Å². The molecule has 3 aromatic rings. The predicted molar refractivity (Wildman–Crippen MR) is 90.9 cm³/mol. The minimum Gasteiger partial charge on any atom is -0.339 e. The van der Waals surface area contributed by atoms with Crippen LogP contribution in [-0.4, -0.2) is 22.6 Å². The highest BCUT2D eigenvalue weighted by atomic mass is 35.5. The summed E-state index contributed by atoms with van der Waals surface area (Å²) in [7, 11) is 0. The first-order valence-corrected chi connectivity index (χ1v) is 8.03. The van der Waals surface area contributed by atoms with E-state index in [9.17, 15) is 4.79 Å². The second-order valence-electron chi connectivity index (χ2n) is 5.70. The van der Waals surface area contributed by atoms with Crippen LogP contribution in [0.15, 0.2) is 59.1 Å². The molecule has 0 N–H and O–H groups in total. The van der Waals surface area contributed by atoms with E-state index in [4.69, 9.17) is 16.1 Å². The first-order chi connectivity index (χ1) is 11.7. The molecule has 2 aromatic carbocycles. The van der Waals surface area contributed by atoms with Crippen LogP contribution in [0.25, 0.3) is 11.4 Å². The van der Waals surface area contributed by atoms with Crippen LogP contribution in [0.4, 0.5) is 5.69 Å². The number of hydrogen-bond acceptors (Lipinski definition) is 4. The van der Waals surface area contributed by atoms with Gasteiger partial charge in [0.1, 0.15) is 0 Å². The number of aromatic nitrogens is 2. The Labute approximate surface area is 143 Å². The fourth-order valence-corrected chi connectivity index (χ4v) is 2.97. The van der Waals surface area contributed by atoms with Crippen molar-refractivity contribution in [3.05, 3.63) is 65.5 Å². The summed E-state index contributed by atoms with van der Waals surface area (Å²) in [5, 5.41) is 4.68. The van der Waals surface area contributed by atoms with Crippen molar-refractivity contribution in [2.45, 2.75) is 12.3 Å². The summed E-state index contributed by atoms with van der Waals surface area (Å²) in [5.74, 6) is 0.975.